The van der Waals surface area contributed by atoms with Gasteiger partial charge in [-0.1, -0.05) is 38.6 Å². The van der Waals surface area contributed by atoms with E-state index < -0.39 is 0 Å². The maximum atomic E-state index is 9.50. The number of allylic oxidation sites excluding steroid dienone is 3. The van der Waals surface area contributed by atoms with Gasteiger partial charge in [0.05, 0.1) is 7.11 Å². The first kappa shape index (κ1) is 12.4. The van der Waals surface area contributed by atoms with Crippen LogP contribution in [0.4, 0.5) is 0 Å². The molecule has 1 aromatic carbocycles. The quantitative estimate of drug-likeness (QED) is 0.782. The molecular weight excluding hydrogens is 200 g/mol. The Morgan fingerprint density at radius 3 is 2.62 bits per heavy atom. The number of hydrogen-bond acceptors (Lipinski definition) is 2. The first-order valence-electron chi connectivity index (χ1n) is 5.30. The normalized spacial score (nSPS) is 11.6. The summed E-state index contributed by atoms with van der Waals surface area (Å²) in [5, 5.41) is 9.50. The molecule has 0 saturated heterocycles. The second-order valence-corrected chi connectivity index (χ2v) is 3.96. The fraction of sp³-hybridized carbons (Fsp3) is 0.286. The fourth-order valence-electron chi connectivity index (χ4n) is 1.50. The van der Waals surface area contributed by atoms with Gasteiger partial charge in [0.25, 0.3) is 0 Å². The van der Waals surface area contributed by atoms with Gasteiger partial charge in [-0.05, 0) is 29.2 Å². The van der Waals surface area contributed by atoms with Crippen molar-refractivity contribution in [3.05, 3.63) is 42.5 Å². The van der Waals surface area contributed by atoms with Crippen LogP contribution in [0.3, 0.4) is 0 Å². The molecule has 0 aliphatic rings. The number of ether oxygens (including phenoxy) is 1. The van der Waals surface area contributed by atoms with Gasteiger partial charge in [-0.15, -0.1) is 0 Å². The van der Waals surface area contributed by atoms with Crippen LogP contribution in [-0.4, -0.2) is 12.2 Å². The molecule has 0 spiro atoms. The van der Waals surface area contributed by atoms with Crippen LogP contribution >= 0.6 is 0 Å². The van der Waals surface area contributed by atoms with Crippen molar-refractivity contribution in [2.45, 2.75) is 13.8 Å². The molecule has 0 heterocycles. The van der Waals surface area contributed by atoms with Gasteiger partial charge in [0.1, 0.15) is 0 Å². The Hall–Kier alpha value is -1.70. The molecule has 0 aliphatic heterocycles. The predicted molar refractivity (Wildman–Crippen MR) is 67.7 cm³/mol. The number of methoxy groups -OCH3 is 1. The van der Waals surface area contributed by atoms with Crippen LogP contribution in [0.15, 0.2) is 36.9 Å². The first-order valence-corrected chi connectivity index (χ1v) is 5.30. The summed E-state index contributed by atoms with van der Waals surface area (Å²) >= 11 is 0. The monoisotopic (exact) mass is 218 g/mol. The highest BCUT2D eigenvalue weighted by Crippen LogP contribution is 2.30. The van der Waals surface area contributed by atoms with Crippen LogP contribution < -0.4 is 4.74 Å². The summed E-state index contributed by atoms with van der Waals surface area (Å²) in [6.07, 6.45) is 3.94. The van der Waals surface area contributed by atoms with Crippen molar-refractivity contribution in [2.24, 2.45) is 5.92 Å². The fourth-order valence-corrected chi connectivity index (χ4v) is 1.50. The molecule has 0 saturated carbocycles. The van der Waals surface area contributed by atoms with Gasteiger partial charge in [0.2, 0.25) is 0 Å². The summed E-state index contributed by atoms with van der Waals surface area (Å²) in [5.41, 5.74) is 2.05. The number of phenols is 1. The Balaban J connectivity index is 3.16. The van der Waals surface area contributed by atoms with E-state index in [-0.39, 0.29) is 5.75 Å². The Kier molecular flexibility index (Phi) is 4.18. The van der Waals surface area contributed by atoms with Crippen molar-refractivity contribution in [3.63, 3.8) is 0 Å². The van der Waals surface area contributed by atoms with Crippen molar-refractivity contribution < 1.29 is 9.84 Å². The highest BCUT2D eigenvalue weighted by Gasteiger charge is 2.05. The molecule has 16 heavy (non-hydrogen) atoms. The van der Waals surface area contributed by atoms with Crippen LogP contribution in [0, 0.1) is 5.92 Å². The maximum absolute atomic E-state index is 9.50. The Morgan fingerprint density at radius 1 is 1.44 bits per heavy atom. The second kappa shape index (κ2) is 5.40. The second-order valence-electron chi connectivity index (χ2n) is 3.96. The lowest BCUT2D eigenvalue weighted by molar-refractivity contribution is 0.373. The van der Waals surface area contributed by atoms with E-state index in [1.165, 1.54) is 0 Å². The maximum Gasteiger partial charge on any atom is 0.161 e. The molecule has 0 aliphatic carbocycles. The number of hydrogen-bond donors (Lipinski definition) is 1. The molecular formula is C14H18O2. The Bertz CT molecular complexity index is 403. The van der Waals surface area contributed by atoms with E-state index in [1.807, 2.05) is 18.2 Å². The van der Waals surface area contributed by atoms with Crippen molar-refractivity contribution >= 4 is 5.57 Å². The standard InChI is InChI=1S/C14H18O2/c1-5-11(8-10(2)3)12-6-7-13(15)14(9-12)16-4/h5-10,15H,1H2,2-4H3. The minimum atomic E-state index is 0.152. The van der Waals surface area contributed by atoms with Crippen molar-refractivity contribution in [2.75, 3.05) is 7.11 Å². The average molecular weight is 218 g/mol. The molecule has 1 aromatic rings. The molecule has 0 fully saturated rings. The van der Waals surface area contributed by atoms with E-state index in [1.54, 1.807) is 13.2 Å². The third kappa shape index (κ3) is 2.89. The lowest BCUT2D eigenvalue weighted by atomic mass is 10.0. The van der Waals surface area contributed by atoms with Crippen LogP contribution in [0.5, 0.6) is 11.5 Å². The van der Waals surface area contributed by atoms with E-state index in [0.717, 1.165) is 11.1 Å². The third-order valence-electron chi connectivity index (χ3n) is 2.25. The van der Waals surface area contributed by atoms with Gasteiger partial charge in [-0.25, -0.2) is 0 Å². The highest BCUT2D eigenvalue weighted by atomic mass is 16.5. The zero-order valence-electron chi connectivity index (χ0n) is 10.0. The molecule has 0 aromatic heterocycles. The van der Waals surface area contributed by atoms with E-state index >= 15 is 0 Å². The molecule has 86 valence electrons. The largest absolute Gasteiger partial charge is 0.504 e. The summed E-state index contributed by atoms with van der Waals surface area (Å²) in [6.45, 7) is 8.02. The van der Waals surface area contributed by atoms with Crippen molar-refractivity contribution in [1.29, 1.82) is 0 Å². The average Bonchev–Trinajstić information content (AvgIpc) is 2.26. The Labute approximate surface area is 96.9 Å². The number of aromatic hydroxyl groups is 1. The topological polar surface area (TPSA) is 29.5 Å². The molecule has 2 heteroatoms. The Morgan fingerprint density at radius 2 is 2.12 bits per heavy atom. The van der Waals surface area contributed by atoms with Gasteiger partial charge in [0.15, 0.2) is 11.5 Å². The number of benzene rings is 1. The number of phenolic OH excluding ortho intramolecular Hbond substituents is 1. The minimum absolute atomic E-state index is 0.152. The van der Waals surface area contributed by atoms with E-state index in [2.05, 4.69) is 26.5 Å². The predicted octanol–water partition coefficient (Wildman–Crippen LogP) is 3.63. The zero-order chi connectivity index (χ0) is 12.1. The third-order valence-corrected chi connectivity index (χ3v) is 2.25. The molecule has 1 rings (SSSR count). The van der Waals surface area contributed by atoms with Crippen LogP contribution in [0.2, 0.25) is 0 Å². The summed E-state index contributed by atoms with van der Waals surface area (Å²) in [7, 11) is 1.54. The summed E-state index contributed by atoms with van der Waals surface area (Å²) in [6, 6.07) is 5.30. The summed E-state index contributed by atoms with van der Waals surface area (Å²) in [4.78, 5) is 0. The lowest BCUT2D eigenvalue weighted by Gasteiger charge is -2.08. The first-order chi connectivity index (χ1) is 7.58. The lowest BCUT2D eigenvalue weighted by Crippen LogP contribution is -1.89. The zero-order valence-corrected chi connectivity index (χ0v) is 10.0. The minimum Gasteiger partial charge on any atom is -0.504 e. The highest BCUT2D eigenvalue weighted by molar-refractivity contribution is 5.75. The molecule has 2 nitrogen and oxygen atoms in total. The molecule has 0 unspecified atom stereocenters. The van der Waals surface area contributed by atoms with Gasteiger partial charge in [0, 0.05) is 0 Å². The molecule has 0 atom stereocenters. The van der Waals surface area contributed by atoms with Crippen molar-refractivity contribution in [1.82, 2.24) is 0 Å². The van der Waals surface area contributed by atoms with Crippen LogP contribution in [0.25, 0.3) is 5.57 Å². The molecule has 0 amide bonds. The molecule has 1 N–H and O–H groups in total. The smallest absolute Gasteiger partial charge is 0.161 e. The van der Waals surface area contributed by atoms with Crippen molar-refractivity contribution in [3.8, 4) is 11.5 Å². The number of rotatable bonds is 4. The van der Waals surface area contributed by atoms with E-state index in [0.29, 0.717) is 11.7 Å². The van der Waals surface area contributed by atoms with Gasteiger partial charge in [-0.3, -0.25) is 0 Å². The van der Waals surface area contributed by atoms with E-state index in [4.69, 9.17) is 4.74 Å². The molecule has 0 radical (unpaired) electrons. The summed E-state index contributed by atoms with van der Waals surface area (Å²) < 4.78 is 5.07. The SMILES string of the molecule is C=CC(=CC(C)C)c1ccc(O)c(OC)c1. The van der Waals surface area contributed by atoms with Crippen LogP contribution in [-0.2, 0) is 0 Å². The summed E-state index contributed by atoms with van der Waals surface area (Å²) in [5.74, 6) is 1.08. The van der Waals surface area contributed by atoms with Gasteiger partial charge < -0.3 is 9.84 Å². The van der Waals surface area contributed by atoms with E-state index in [9.17, 15) is 5.11 Å². The molecule has 0 bridgehead atoms. The van der Waals surface area contributed by atoms with Gasteiger partial charge in [-0.2, -0.15) is 0 Å². The van der Waals surface area contributed by atoms with Crippen LogP contribution in [0.1, 0.15) is 19.4 Å². The van der Waals surface area contributed by atoms with Gasteiger partial charge >= 0.3 is 0 Å².